The molecule has 0 unspecified atom stereocenters. The minimum atomic E-state index is -0.596. The Labute approximate surface area is 109 Å². The molecule has 2 aromatic rings. The van der Waals surface area contributed by atoms with Crippen LogP contribution >= 0.6 is 0 Å². The SMILES string of the molecule is CCOC(=O)c1nnn(-c2ccccc2OC)c1N. The Morgan fingerprint density at radius 1 is 1.42 bits per heavy atom. The van der Waals surface area contributed by atoms with Gasteiger partial charge in [-0.1, -0.05) is 17.3 Å². The van der Waals surface area contributed by atoms with Crippen molar-refractivity contribution in [2.75, 3.05) is 19.5 Å². The number of nitrogen functional groups attached to an aromatic ring is 1. The molecule has 0 aliphatic heterocycles. The van der Waals surface area contributed by atoms with Crippen LogP contribution in [0, 0.1) is 0 Å². The second-order valence-corrected chi connectivity index (χ2v) is 3.63. The lowest BCUT2D eigenvalue weighted by atomic mass is 10.3. The fourth-order valence-corrected chi connectivity index (χ4v) is 1.62. The minimum absolute atomic E-state index is 0.00671. The topological polar surface area (TPSA) is 92.3 Å². The largest absolute Gasteiger partial charge is 0.494 e. The van der Waals surface area contributed by atoms with E-state index in [4.69, 9.17) is 15.2 Å². The number of aromatic nitrogens is 3. The average Bonchev–Trinajstić information content (AvgIpc) is 2.80. The molecule has 2 rings (SSSR count). The van der Waals surface area contributed by atoms with Crippen molar-refractivity contribution in [3.8, 4) is 11.4 Å². The maximum atomic E-state index is 11.6. The molecule has 0 saturated heterocycles. The molecule has 7 heteroatoms. The molecule has 1 aromatic heterocycles. The minimum Gasteiger partial charge on any atom is -0.494 e. The molecule has 0 spiro atoms. The number of benzene rings is 1. The average molecular weight is 262 g/mol. The second kappa shape index (κ2) is 5.38. The van der Waals surface area contributed by atoms with E-state index >= 15 is 0 Å². The van der Waals surface area contributed by atoms with Gasteiger partial charge in [0.15, 0.2) is 5.82 Å². The quantitative estimate of drug-likeness (QED) is 0.827. The third kappa shape index (κ3) is 2.35. The summed E-state index contributed by atoms with van der Waals surface area (Å²) in [5, 5.41) is 7.60. The first kappa shape index (κ1) is 12.9. The standard InChI is InChI=1S/C12H14N4O3/c1-3-19-12(17)10-11(13)16(15-14-10)8-6-4-5-7-9(8)18-2/h4-7H,3,13H2,1-2H3. The summed E-state index contributed by atoms with van der Waals surface area (Å²) >= 11 is 0. The number of carbonyl (C=O) groups excluding carboxylic acids is 1. The van der Waals surface area contributed by atoms with E-state index in [9.17, 15) is 4.79 Å². The number of nitrogens with two attached hydrogens (primary N) is 1. The highest BCUT2D eigenvalue weighted by Crippen LogP contribution is 2.24. The van der Waals surface area contributed by atoms with Crippen LogP contribution in [-0.4, -0.2) is 34.7 Å². The van der Waals surface area contributed by atoms with Gasteiger partial charge in [0.2, 0.25) is 5.69 Å². The lowest BCUT2D eigenvalue weighted by Crippen LogP contribution is -2.10. The van der Waals surface area contributed by atoms with E-state index in [1.165, 1.54) is 11.8 Å². The molecule has 7 nitrogen and oxygen atoms in total. The van der Waals surface area contributed by atoms with E-state index in [1.807, 2.05) is 12.1 Å². The lowest BCUT2D eigenvalue weighted by Gasteiger charge is -2.08. The predicted octanol–water partition coefficient (Wildman–Crippen LogP) is 1.03. The fraction of sp³-hybridized carbons (Fsp3) is 0.250. The Hall–Kier alpha value is -2.57. The summed E-state index contributed by atoms with van der Waals surface area (Å²) in [6.07, 6.45) is 0. The van der Waals surface area contributed by atoms with Crippen molar-refractivity contribution in [2.24, 2.45) is 0 Å². The van der Waals surface area contributed by atoms with Crippen LogP contribution in [-0.2, 0) is 4.74 Å². The molecular weight excluding hydrogens is 248 g/mol. The van der Waals surface area contributed by atoms with Gasteiger partial charge in [-0.25, -0.2) is 4.79 Å². The molecule has 0 atom stereocenters. The van der Waals surface area contributed by atoms with Crippen LogP contribution in [0.1, 0.15) is 17.4 Å². The molecule has 0 aliphatic rings. The number of hydrogen-bond donors (Lipinski definition) is 1. The Bertz CT molecular complexity index is 594. The number of hydrogen-bond acceptors (Lipinski definition) is 6. The smallest absolute Gasteiger partial charge is 0.362 e. The van der Waals surface area contributed by atoms with Gasteiger partial charge >= 0.3 is 5.97 Å². The van der Waals surface area contributed by atoms with Crippen molar-refractivity contribution in [3.63, 3.8) is 0 Å². The molecule has 0 radical (unpaired) electrons. The molecular formula is C12H14N4O3. The molecule has 0 saturated carbocycles. The van der Waals surface area contributed by atoms with Crippen LogP contribution in [0.3, 0.4) is 0 Å². The number of esters is 1. The van der Waals surface area contributed by atoms with E-state index in [0.717, 1.165) is 0 Å². The van der Waals surface area contributed by atoms with Crippen molar-refractivity contribution in [1.82, 2.24) is 15.0 Å². The summed E-state index contributed by atoms with van der Waals surface area (Å²) in [7, 11) is 1.54. The Kier molecular flexibility index (Phi) is 3.65. The van der Waals surface area contributed by atoms with E-state index in [2.05, 4.69) is 10.3 Å². The van der Waals surface area contributed by atoms with Gasteiger partial charge in [0.25, 0.3) is 0 Å². The van der Waals surface area contributed by atoms with Crippen LogP contribution in [0.15, 0.2) is 24.3 Å². The number of methoxy groups -OCH3 is 1. The first-order valence-electron chi connectivity index (χ1n) is 5.70. The molecule has 0 bridgehead atoms. The monoisotopic (exact) mass is 262 g/mol. The molecule has 1 heterocycles. The third-order valence-electron chi connectivity index (χ3n) is 2.49. The zero-order valence-electron chi connectivity index (χ0n) is 10.7. The fourth-order valence-electron chi connectivity index (χ4n) is 1.62. The maximum absolute atomic E-state index is 11.6. The van der Waals surface area contributed by atoms with Crippen LogP contribution < -0.4 is 10.5 Å². The van der Waals surface area contributed by atoms with Crippen LogP contribution in [0.5, 0.6) is 5.75 Å². The highest BCUT2D eigenvalue weighted by atomic mass is 16.5. The third-order valence-corrected chi connectivity index (χ3v) is 2.49. The Morgan fingerprint density at radius 3 is 2.84 bits per heavy atom. The van der Waals surface area contributed by atoms with E-state index in [0.29, 0.717) is 11.4 Å². The molecule has 1 aromatic carbocycles. The van der Waals surface area contributed by atoms with Gasteiger partial charge in [0, 0.05) is 0 Å². The molecule has 0 fully saturated rings. The number of nitrogens with zero attached hydrogens (tertiary/aromatic N) is 3. The van der Waals surface area contributed by atoms with E-state index in [-0.39, 0.29) is 18.1 Å². The van der Waals surface area contributed by atoms with Gasteiger partial charge in [-0.15, -0.1) is 5.10 Å². The van der Waals surface area contributed by atoms with E-state index < -0.39 is 5.97 Å². The summed E-state index contributed by atoms with van der Waals surface area (Å²) in [6, 6.07) is 7.16. The summed E-state index contributed by atoms with van der Waals surface area (Å²) in [5.41, 5.74) is 6.47. The van der Waals surface area contributed by atoms with Crippen molar-refractivity contribution in [2.45, 2.75) is 6.92 Å². The van der Waals surface area contributed by atoms with Gasteiger partial charge < -0.3 is 15.2 Å². The number of carbonyl (C=O) groups is 1. The molecule has 19 heavy (non-hydrogen) atoms. The predicted molar refractivity (Wildman–Crippen MR) is 68.3 cm³/mol. The molecule has 100 valence electrons. The van der Waals surface area contributed by atoms with Crippen LogP contribution in [0.4, 0.5) is 5.82 Å². The summed E-state index contributed by atoms with van der Waals surface area (Å²) < 4.78 is 11.4. The zero-order chi connectivity index (χ0) is 13.8. The number of ether oxygens (including phenoxy) is 2. The van der Waals surface area contributed by atoms with Crippen molar-refractivity contribution < 1.29 is 14.3 Å². The number of para-hydroxylation sites is 2. The molecule has 2 N–H and O–H groups in total. The van der Waals surface area contributed by atoms with Gasteiger partial charge in [-0.05, 0) is 19.1 Å². The lowest BCUT2D eigenvalue weighted by molar-refractivity contribution is 0.0520. The zero-order valence-corrected chi connectivity index (χ0v) is 10.7. The Balaban J connectivity index is 2.44. The highest BCUT2D eigenvalue weighted by Gasteiger charge is 2.20. The first-order valence-corrected chi connectivity index (χ1v) is 5.70. The van der Waals surface area contributed by atoms with Gasteiger partial charge in [0.05, 0.1) is 13.7 Å². The molecule has 0 amide bonds. The van der Waals surface area contributed by atoms with Crippen molar-refractivity contribution in [1.29, 1.82) is 0 Å². The van der Waals surface area contributed by atoms with Crippen molar-refractivity contribution >= 4 is 11.8 Å². The number of rotatable bonds is 4. The van der Waals surface area contributed by atoms with Gasteiger partial charge in [-0.3, -0.25) is 0 Å². The van der Waals surface area contributed by atoms with Crippen molar-refractivity contribution in [3.05, 3.63) is 30.0 Å². The highest BCUT2D eigenvalue weighted by molar-refractivity contribution is 5.92. The second-order valence-electron chi connectivity index (χ2n) is 3.63. The summed E-state index contributed by atoms with van der Waals surface area (Å²) in [6.45, 7) is 1.96. The van der Waals surface area contributed by atoms with Crippen LogP contribution in [0.2, 0.25) is 0 Å². The maximum Gasteiger partial charge on any atom is 0.362 e. The number of anilines is 1. The van der Waals surface area contributed by atoms with Crippen LogP contribution in [0.25, 0.3) is 5.69 Å². The van der Waals surface area contributed by atoms with E-state index in [1.54, 1.807) is 19.1 Å². The Morgan fingerprint density at radius 2 is 2.16 bits per heavy atom. The first-order chi connectivity index (χ1) is 9.19. The summed E-state index contributed by atoms with van der Waals surface area (Å²) in [5.74, 6) is 0.0959. The molecule has 0 aliphatic carbocycles. The van der Waals surface area contributed by atoms with Gasteiger partial charge in [0.1, 0.15) is 11.4 Å². The normalized spacial score (nSPS) is 10.2. The van der Waals surface area contributed by atoms with Gasteiger partial charge in [-0.2, -0.15) is 4.68 Å². The summed E-state index contributed by atoms with van der Waals surface area (Å²) in [4.78, 5) is 11.6.